The minimum atomic E-state index is 0. The molecule has 25 heavy (non-hydrogen) atoms. The lowest BCUT2D eigenvalue weighted by molar-refractivity contribution is 0.340. The molecule has 2 aromatic rings. The largest absolute Gasteiger partial charge is 0.494 e. The van der Waals surface area contributed by atoms with Crippen molar-refractivity contribution in [2.75, 3.05) is 18.7 Å². The van der Waals surface area contributed by atoms with E-state index in [9.17, 15) is 0 Å². The van der Waals surface area contributed by atoms with Crippen LogP contribution < -0.4 is 15.1 Å². The Morgan fingerprint density at radius 3 is 2.52 bits per heavy atom. The first kappa shape index (κ1) is 19.7. The van der Waals surface area contributed by atoms with Crippen molar-refractivity contribution in [3.05, 3.63) is 58.1 Å². The Balaban J connectivity index is 0.00000225. The number of anilines is 1. The van der Waals surface area contributed by atoms with E-state index in [0.717, 1.165) is 29.3 Å². The van der Waals surface area contributed by atoms with Gasteiger partial charge in [-0.1, -0.05) is 35.3 Å². The molecule has 3 rings (SSSR count). The Bertz CT molecular complexity index is 750. The summed E-state index contributed by atoms with van der Waals surface area (Å²) in [6.45, 7) is 2.63. The van der Waals surface area contributed by atoms with Crippen molar-refractivity contribution in [2.45, 2.75) is 19.4 Å². The highest BCUT2D eigenvalue weighted by Crippen LogP contribution is 2.39. The minimum Gasteiger partial charge on any atom is -0.494 e. The van der Waals surface area contributed by atoms with Crippen molar-refractivity contribution in [2.24, 2.45) is 5.10 Å². The third kappa shape index (κ3) is 4.32. The summed E-state index contributed by atoms with van der Waals surface area (Å²) in [5.41, 5.74) is 1.99. The molecule has 1 aliphatic heterocycles. The van der Waals surface area contributed by atoms with Crippen LogP contribution >= 0.6 is 35.6 Å². The molecule has 1 N–H and O–H groups in total. The summed E-state index contributed by atoms with van der Waals surface area (Å²) in [7, 11) is 1.88. The second kappa shape index (κ2) is 8.65. The molecule has 0 amide bonds. The molecule has 0 radical (unpaired) electrons. The lowest BCUT2D eigenvalue weighted by Gasteiger charge is -2.25. The topological polar surface area (TPSA) is 36.9 Å². The van der Waals surface area contributed by atoms with E-state index in [0.29, 0.717) is 16.7 Å². The number of rotatable bonds is 4. The summed E-state index contributed by atoms with van der Waals surface area (Å²) >= 11 is 12.4. The lowest BCUT2D eigenvalue weighted by Crippen LogP contribution is -2.19. The number of hydrazone groups is 1. The lowest BCUT2D eigenvalue weighted by atomic mass is 10.0. The van der Waals surface area contributed by atoms with Crippen LogP contribution in [0.3, 0.4) is 0 Å². The van der Waals surface area contributed by atoms with Gasteiger partial charge in [0.25, 0.3) is 0 Å². The van der Waals surface area contributed by atoms with Gasteiger partial charge >= 0.3 is 0 Å². The molecule has 4 nitrogen and oxygen atoms in total. The van der Waals surface area contributed by atoms with Crippen LogP contribution in [0.15, 0.2) is 47.6 Å². The summed E-state index contributed by atoms with van der Waals surface area (Å²) in [4.78, 5) is 0. The zero-order valence-electron chi connectivity index (χ0n) is 14.0. The quantitative estimate of drug-likeness (QED) is 0.757. The molecular weight excluding hydrogens is 381 g/mol. The number of ether oxygens (including phenoxy) is 1. The van der Waals surface area contributed by atoms with Crippen LogP contribution in [0.1, 0.15) is 24.9 Å². The van der Waals surface area contributed by atoms with E-state index in [1.807, 2.05) is 43.2 Å². The van der Waals surface area contributed by atoms with Crippen molar-refractivity contribution in [1.29, 1.82) is 0 Å². The predicted octanol–water partition coefficient (Wildman–Crippen LogP) is 5.30. The first-order chi connectivity index (χ1) is 11.6. The normalized spacial score (nSPS) is 16.2. The summed E-state index contributed by atoms with van der Waals surface area (Å²) < 4.78 is 5.52. The highest BCUT2D eigenvalue weighted by Gasteiger charge is 2.30. The van der Waals surface area contributed by atoms with Crippen LogP contribution in [0.2, 0.25) is 10.0 Å². The molecule has 1 aliphatic rings. The van der Waals surface area contributed by atoms with Gasteiger partial charge in [-0.05, 0) is 42.8 Å². The monoisotopic (exact) mass is 399 g/mol. The molecule has 0 bridgehead atoms. The highest BCUT2D eigenvalue weighted by molar-refractivity contribution is 6.36. The maximum Gasteiger partial charge on any atom is 0.125 e. The number of hydrogen-bond acceptors (Lipinski definition) is 4. The van der Waals surface area contributed by atoms with E-state index < -0.39 is 0 Å². The molecule has 0 fully saturated rings. The number of nitrogens with one attached hydrogen (secondary N) is 1. The Morgan fingerprint density at radius 2 is 1.92 bits per heavy atom. The van der Waals surface area contributed by atoms with Crippen molar-refractivity contribution in [1.82, 2.24) is 5.32 Å². The van der Waals surface area contributed by atoms with Gasteiger partial charge in [-0.25, -0.2) is 0 Å². The molecule has 1 unspecified atom stereocenters. The van der Waals surface area contributed by atoms with Crippen LogP contribution in [0.5, 0.6) is 5.75 Å². The Labute approximate surface area is 164 Å². The first-order valence-electron chi connectivity index (χ1n) is 7.84. The van der Waals surface area contributed by atoms with E-state index in [1.165, 1.54) is 0 Å². The molecule has 7 heteroatoms. The molecule has 1 atom stereocenters. The van der Waals surface area contributed by atoms with Crippen LogP contribution in [0.25, 0.3) is 0 Å². The summed E-state index contributed by atoms with van der Waals surface area (Å²) in [5.74, 6) is 1.78. The van der Waals surface area contributed by atoms with Crippen LogP contribution in [-0.4, -0.2) is 19.5 Å². The van der Waals surface area contributed by atoms with Gasteiger partial charge in [0.15, 0.2) is 0 Å². The third-order valence-electron chi connectivity index (χ3n) is 3.93. The third-order valence-corrected chi connectivity index (χ3v) is 4.47. The van der Waals surface area contributed by atoms with Gasteiger partial charge in [0.1, 0.15) is 11.6 Å². The summed E-state index contributed by atoms with van der Waals surface area (Å²) in [6.07, 6.45) is 0.781. The molecule has 0 saturated carbocycles. The fourth-order valence-corrected chi connectivity index (χ4v) is 3.26. The maximum atomic E-state index is 6.38. The Kier molecular flexibility index (Phi) is 6.82. The van der Waals surface area contributed by atoms with E-state index in [-0.39, 0.29) is 18.4 Å². The Hall–Kier alpha value is -1.62. The average molecular weight is 401 g/mol. The number of hydrogen-bond donors (Lipinski definition) is 1. The second-order valence-electron chi connectivity index (χ2n) is 5.46. The fourth-order valence-electron chi connectivity index (χ4n) is 2.76. The van der Waals surface area contributed by atoms with E-state index in [1.54, 1.807) is 6.07 Å². The predicted molar refractivity (Wildman–Crippen MR) is 108 cm³/mol. The van der Waals surface area contributed by atoms with Crippen molar-refractivity contribution in [3.63, 3.8) is 0 Å². The molecule has 1 heterocycles. The van der Waals surface area contributed by atoms with E-state index >= 15 is 0 Å². The van der Waals surface area contributed by atoms with Crippen LogP contribution in [0.4, 0.5) is 5.69 Å². The molecule has 134 valence electrons. The smallest absolute Gasteiger partial charge is 0.125 e. The maximum absolute atomic E-state index is 6.38. The fraction of sp³-hybridized carbons (Fsp3) is 0.278. The number of nitrogens with zero attached hydrogens (tertiary/aromatic N) is 2. The molecule has 0 saturated heterocycles. The van der Waals surface area contributed by atoms with Crippen molar-refractivity contribution in [3.8, 4) is 5.75 Å². The molecule has 0 aliphatic carbocycles. The van der Waals surface area contributed by atoms with Gasteiger partial charge in [0.2, 0.25) is 0 Å². The minimum absolute atomic E-state index is 0. The first-order valence-corrected chi connectivity index (χ1v) is 8.60. The number of amidine groups is 1. The molecule has 0 spiro atoms. The Morgan fingerprint density at radius 1 is 1.20 bits per heavy atom. The van der Waals surface area contributed by atoms with E-state index in [4.69, 9.17) is 27.9 Å². The van der Waals surface area contributed by atoms with E-state index in [2.05, 4.69) is 22.6 Å². The van der Waals surface area contributed by atoms with Gasteiger partial charge in [-0.2, -0.15) is 5.10 Å². The van der Waals surface area contributed by atoms with Crippen molar-refractivity contribution < 1.29 is 4.74 Å². The number of benzene rings is 2. The molecular formula is C18H20Cl3N3O. The summed E-state index contributed by atoms with van der Waals surface area (Å²) in [6, 6.07) is 13.6. The standard InChI is InChI=1S/C18H19Cl2N3O.ClH/c1-3-24-14-7-4-12(5-8-14)17-11-18(21-2)22-23(17)16-9-6-13(19)10-15(16)20;/h4-10,17H,3,11H2,1-2H3,(H,21,22);1H. The highest BCUT2D eigenvalue weighted by atomic mass is 35.5. The van der Waals surface area contributed by atoms with Crippen LogP contribution in [0, 0.1) is 0 Å². The SMILES string of the molecule is CCOc1ccc(C2CC(NC)=NN2c2ccc(Cl)cc2Cl)cc1.Cl. The molecule has 0 aromatic heterocycles. The summed E-state index contributed by atoms with van der Waals surface area (Å²) in [5, 5.41) is 10.9. The van der Waals surface area contributed by atoms with Crippen LogP contribution in [-0.2, 0) is 0 Å². The van der Waals surface area contributed by atoms with Gasteiger partial charge in [-0.3, -0.25) is 5.01 Å². The number of halogens is 3. The van der Waals surface area contributed by atoms with Gasteiger partial charge in [0, 0.05) is 18.5 Å². The zero-order chi connectivity index (χ0) is 17.1. The average Bonchev–Trinajstić information content (AvgIpc) is 3.00. The second-order valence-corrected chi connectivity index (χ2v) is 6.30. The van der Waals surface area contributed by atoms with Gasteiger partial charge in [0.05, 0.1) is 23.4 Å². The zero-order valence-corrected chi connectivity index (χ0v) is 16.3. The van der Waals surface area contributed by atoms with Gasteiger partial charge < -0.3 is 10.1 Å². The van der Waals surface area contributed by atoms with Gasteiger partial charge in [-0.15, -0.1) is 12.4 Å². The molecule has 2 aromatic carbocycles. The van der Waals surface area contributed by atoms with Crippen molar-refractivity contribution >= 4 is 47.1 Å².